The second-order valence-electron chi connectivity index (χ2n) is 0.770. The zero-order valence-corrected chi connectivity index (χ0v) is 2.89. The van der Waals surface area contributed by atoms with Crippen LogP contribution in [0.25, 0.3) is 0 Å². The van der Waals surface area contributed by atoms with E-state index < -0.39 is 6.39 Å². The Bertz CT molecular complexity index is 14.0. The van der Waals surface area contributed by atoms with Gasteiger partial charge in [0.2, 0.25) is 0 Å². The summed E-state index contributed by atoms with van der Waals surface area (Å²) in [5, 5.41) is 0. The molecule has 0 aromatic heterocycles. The summed E-state index contributed by atoms with van der Waals surface area (Å²) in [6.45, 7) is 0. The van der Waals surface area contributed by atoms with Crippen LogP contribution in [-0.2, 0) is 0 Å². The summed E-state index contributed by atoms with van der Waals surface area (Å²) in [7, 11) is 15.8. The zero-order chi connectivity index (χ0) is 4.28. The standard InChI is InChI=1S/B5/c1-4-5(2)3/q-3. The topological polar surface area (TPSA) is 0 Å². The van der Waals surface area contributed by atoms with Gasteiger partial charge in [0.15, 0.2) is 0 Å². The fraction of sp³-hybridized carbons (Fsp3) is 0. The summed E-state index contributed by atoms with van der Waals surface area (Å²) in [5.74, 6) is 0. The highest BCUT2D eigenvalue weighted by Gasteiger charge is 1.33. The van der Waals surface area contributed by atoms with Crippen LogP contribution in [0.1, 0.15) is 0 Å². The predicted molar refractivity (Wildman–Crippen MR) is 28.8 cm³/mol. The molecule has 0 rings (SSSR count). The molecule has 0 aliphatic rings. The predicted octanol–water partition coefficient (Wildman–Crippen LogP) is -1.90. The van der Waals surface area contributed by atoms with Gasteiger partial charge in [-0.1, -0.05) is 0 Å². The Labute approximate surface area is 37.6 Å². The lowest BCUT2D eigenvalue weighted by molar-refractivity contribution is 3.91. The maximum Gasteiger partial charge on any atom is -0.341 e. The average Bonchev–Trinajstić information content (AvgIpc) is 1.38. The highest BCUT2D eigenvalue weighted by Crippen LogP contribution is 1.47. The Hall–Kier alpha value is 0.325. The Balaban J connectivity index is 2.54. The third-order valence-corrected chi connectivity index (χ3v) is 0.222. The molecule has 10 radical (unpaired) electrons. The highest BCUT2D eigenvalue weighted by molar-refractivity contribution is 7.60. The molecule has 0 nitrogen and oxygen atoms in total. The first-order chi connectivity index (χ1) is 2.27. The summed E-state index contributed by atoms with van der Waals surface area (Å²) in [5.41, 5.74) is 0. The van der Waals surface area contributed by atoms with Crippen molar-refractivity contribution >= 4 is 36.7 Å². The van der Waals surface area contributed by atoms with Crippen LogP contribution < -0.4 is 0 Å². The fourth-order valence-electron chi connectivity index (χ4n) is 0. The largest absolute Gasteiger partial charge is 0.732 e. The molecule has 0 spiro atoms. The number of hydrogen-bond donors (Lipinski definition) is 0. The molecule has 18 valence electrons. The third kappa shape index (κ3) is 4.32. The van der Waals surface area contributed by atoms with Gasteiger partial charge in [-0.05, 0) is 0 Å². The average molecular weight is 54.1 g/mol. The Morgan fingerprint density at radius 3 is 1.60 bits per heavy atom. The lowest BCUT2D eigenvalue weighted by atomic mass is 8.97. The number of hydrogen-bond acceptors (Lipinski definition) is 0. The van der Waals surface area contributed by atoms with E-state index in [0.717, 1.165) is 0 Å². The first-order valence-electron chi connectivity index (χ1n) is 1.33. The molecule has 0 aromatic carbocycles. The first-order valence-corrected chi connectivity index (χ1v) is 1.33. The second kappa shape index (κ2) is 2.56. The van der Waals surface area contributed by atoms with Crippen LogP contribution >= 0.6 is 0 Å². The molecule has 0 unspecified atom stereocenters. The van der Waals surface area contributed by atoms with Crippen molar-refractivity contribution in [3.05, 3.63) is 0 Å². The van der Waals surface area contributed by atoms with Crippen molar-refractivity contribution in [3.8, 4) is 0 Å². The van der Waals surface area contributed by atoms with Crippen LogP contribution in [0.15, 0.2) is 0 Å². The minimum atomic E-state index is -0.463. The Morgan fingerprint density at radius 1 is 1.40 bits per heavy atom. The van der Waals surface area contributed by atoms with Crippen LogP contribution in [0.2, 0.25) is 0 Å². The van der Waals surface area contributed by atoms with E-state index >= 15 is 0 Å². The van der Waals surface area contributed by atoms with E-state index in [2.05, 4.69) is 0 Å². The molecule has 5 heavy (non-hydrogen) atoms. The smallest absolute Gasteiger partial charge is 0.341 e. The van der Waals surface area contributed by atoms with Crippen molar-refractivity contribution in [2.24, 2.45) is 0 Å². The molecular weight excluding hydrogens is 54.1 g/mol. The summed E-state index contributed by atoms with van der Waals surface area (Å²) in [6, 6.07) is 0. The van der Waals surface area contributed by atoms with Gasteiger partial charge in [-0.15, -0.1) is 0 Å². The molecule has 5 heteroatoms. The summed E-state index contributed by atoms with van der Waals surface area (Å²) in [6.07, 6.45) is -0.463. The second-order valence-corrected chi connectivity index (χ2v) is 0.770. The first kappa shape index (κ1) is 5.32. The summed E-state index contributed by atoms with van der Waals surface area (Å²) >= 11 is 0. The van der Waals surface area contributed by atoms with Crippen molar-refractivity contribution in [2.45, 2.75) is 0 Å². The van der Waals surface area contributed by atoms with Gasteiger partial charge < -0.3 is 36.7 Å². The quantitative estimate of drug-likeness (QED) is 0.307. The molecule has 0 amide bonds. The van der Waals surface area contributed by atoms with Gasteiger partial charge in [0, 0.05) is 0 Å². The van der Waals surface area contributed by atoms with Crippen molar-refractivity contribution in [1.82, 2.24) is 0 Å². The van der Waals surface area contributed by atoms with Gasteiger partial charge in [0.25, 0.3) is 0 Å². The lowest BCUT2D eigenvalue weighted by Crippen LogP contribution is -2.23. The van der Waals surface area contributed by atoms with Crippen LogP contribution in [-0.4, -0.2) is 36.7 Å². The van der Waals surface area contributed by atoms with Gasteiger partial charge in [0.1, 0.15) is 0 Å². The van der Waals surface area contributed by atoms with Gasteiger partial charge in [-0.3, -0.25) is 0 Å². The Kier molecular flexibility index (Phi) is 2.72. The SMILES string of the molecule is [B-][B]B([B-])[B-]. The van der Waals surface area contributed by atoms with Gasteiger partial charge in [-0.2, -0.15) is 0 Å². The van der Waals surface area contributed by atoms with E-state index in [0.29, 0.717) is 0 Å². The molecular formula is B5-3. The molecule has 0 aliphatic heterocycles. The van der Waals surface area contributed by atoms with Gasteiger partial charge in [-0.25, -0.2) is 0 Å². The van der Waals surface area contributed by atoms with E-state index in [4.69, 9.17) is 23.2 Å². The normalized spacial score (nSPS) is 7.00. The van der Waals surface area contributed by atoms with Crippen LogP contribution in [0.3, 0.4) is 0 Å². The molecule has 0 aliphatic carbocycles. The van der Waals surface area contributed by atoms with E-state index in [9.17, 15) is 0 Å². The van der Waals surface area contributed by atoms with Crippen LogP contribution in [0.5, 0.6) is 0 Å². The van der Waals surface area contributed by atoms with E-state index in [-0.39, 0.29) is 0 Å². The van der Waals surface area contributed by atoms with Gasteiger partial charge in [0.05, 0.1) is 0 Å². The fourth-order valence-corrected chi connectivity index (χ4v) is 0. The summed E-state index contributed by atoms with van der Waals surface area (Å²) in [4.78, 5) is 0. The van der Waals surface area contributed by atoms with E-state index in [1.807, 2.05) is 0 Å². The summed E-state index contributed by atoms with van der Waals surface area (Å²) < 4.78 is 0. The monoisotopic (exact) mass is 55.0 g/mol. The molecule has 0 saturated carbocycles. The third-order valence-electron chi connectivity index (χ3n) is 0.222. The maximum absolute atomic E-state index is 4.89. The van der Waals surface area contributed by atoms with Crippen molar-refractivity contribution in [3.63, 3.8) is 0 Å². The molecule has 0 bridgehead atoms. The van der Waals surface area contributed by atoms with Crippen molar-refractivity contribution < 1.29 is 0 Å². The minimum absolute atomic E-state index is 0.463. The zero-order valence-electron chi connectivity index (χ0n) is 2.89. The van der Waals surface area contributed by atoms with Crippen molar-refractivity contribution in [2.75, 3.05) is 0 Å². The van der Waals surface area contributed by atoms with E-state index in [1.54, 1.807) is 0 Å². The lowest BCUT2D eigenvalue weighted by Gasteiger charge is -2.39. The molecule has 0 fully saturated rings. The molecule has 0 aromatic rings. The van der Waals surface area contributed by atoms with Crippen molar-refractivity contribution in [1.29, 1.82) is 0 Å². The Morgan fingerprint density at radius 2 is 1.60 bits per heavy atom. The van der Waals surface area contributed by atoms with Crippen LogP contribution in [0.4, 0.5) is 0 Å². The molecule has 0 saturated heterocycles. The number of rotatable bonds is 1. The molecule has 0 N–H and O–H groups in total. The van der Waals surface area contributed by atoms with Gasteiger partial charge >= 0.3 is 0 Å². The van der Waals surface area contributed by atoms with E-state index in [1.165, 1.54) is 7.06 Å². The minimum Gasteiger partial charge on any atom is -0.732 e. The van der Waals surface area contributed by atoms with Crippen LogP contribution in [0, 0.1) is 0 Å². The molecule has 0 heterocycles. The maximum atomic E-state index is 4.89. The highest BCUT2D eigenvalue weighted by atomic mass is 12.7. The molecule has 0 atom stereocenters.